The van der Waals surface area contributed by atoms with E-state index in [2.05, 4.69) is 10.2 Å². The van der Waals surface area contributed by atoms with Gasteiger partial charge < -0.3 is 15.8 Å². The molecule has 1 amide bonds. The van der Waals surface area contributed by atoms with Crippen molar-refractivity contribution >= 4 is 17.3 Å². The molecule has 1 aromatic rings. The molecule has 1 aliphatic heterocycles. The molecule has 5 heteroatoms. The Morgan fingerprint density at radius 3 is 2.40 bits per heavy atom. The molecule has 1 aromatic carbocycles. The molecule has 0 radical (unpaired) electrons. The van der Waals surface area contributed by atoms with Crippen molar-refractivity contribution in [3.8, 4) is 0 Å². The minimum Gasteiger partial charge on any atom is -0.399 e. The van der Waals surface area contributed by atoms with E-state index in [4.69, 9.17) is 10.5 Å². The number of rotatable bonds is 3. The van der Waals surface area contributed by atoms with Gasteiger partial charge in [0.25, 0.3) is 0 Å². The largest absolute Gasteiger partial charge is 0.399 e. The van der Waals surface area contributed by atoms with Crippen molar-refractivity contribution in [2.45, 2.75) is 39.0 Å². The highest BCUT2D eigenvalue weighted by molar-refractivity contribution is 5.94. The van der Waals surface area contributed by atoms with Gasteiger partial charge in [0.05, 0.1) is 18.2 Å². The molecule has 0 aromatic heterocycles. The quantitative estimate of drug-likeness (QED) is 0.825. The summed E-state index contributed by atoms with van der Waals surface area (Å²) in [5, 5.41) is 2.92. The van der Waals surface area contributed by atoms with Gasteiger partial charge in [0.2, 0.25) is 5.91 Å². The van der Waals surface area contributed by atoms with Gasteiger partial charge in [-0.2, -0.15) is 0 Å². The number of carbonyl (C=O) groups excluding carboxylic acids is 1. The lowest BCUT2D eigenvalue weighted by molar-refractivity contribution is -0.126. The SMILES string of the molecule is CC1CN(C(C)C(=O)Nc2ccc(N)cc2)CC(C)O1. The summed E-state index contributed by atoms with van der Waals surface area (Å²) in [4.78, 5) is 14.4. The number of nitrogen functional groups attached to an aromatic ring is 1. The second-order valence-corrected chi connectivity index (χ2v) is 5.50. The van der Waals surface area contributed by atoms with E-state index in [0.717, 1.165) is 18.8 Å². The van der Waals surface area contributed by atoms with Crippen LogP contribution in [0.1, 0.15) is 20.8 Å². The minimum absolute atomic E-state index is 0.00364. The molecule has 1 heterocycles. The fourth-order valence-corrected chi connectivity index (χ4v) is 2.51. The first-order valence-electron chi connectivity index (χ1n) is 7.01. The smallest absolute Gasteiger partial charge is 0.241 e. The maximum Gasteiger partial charge on any atom is 0.241 e. The summed E-state index contributed by atoms with van der Waals surface area (Å²) in [5.41, 5.74) is 7.09. The topological polar surface area (TPSA) is 67.6 Å². The summed E-state index contributed by atoms with van der Waals surface area (Å²) in [6.45, 7) is 7.55. The van der Waals surface area contributed by atoms with E-state index in [-0.39, 0.29) is 24.2 Å². The van der Waals surface area contributed by atoms with Crippen LogP contribution in [-0.2, 0) is 9.53 Å². The molecule has 3 unspecified atom stereocenters. The zero-order valence-corrected chi connectivity index (χ0v) is 12.3. The molecule has 3 atom stereocenters. The number of ether oxygens (including phenoxy) is 1. The minimum atomic E-state index is -0.179. The van der Waals surface area contributed by atoms with E-state index >= 15 is 0 Å². The van der Waals surface area contributed by atoms with Gasteiger partial charge in [-0.05, 0) is 45.0 Å². The number of nitrogens with zero attached hydrogens (tertiary/aromatic N) is 1. The van der Waals surface area contributed by atoms with E-state index < -0.39 is 0 Å². The maximum atomic E-state index is 12.3. The van der Waals surface area contributed by atoms with Crippen molar-refractivity contribution in [1.82, 2.24) is 4.90 Å². The third-order valence-electron chi connectivity index (χ3n) is 3.55. The van der Waals surface area contributed by atoms with Crippen LogP contribution in [0.3, 0.4) is 0 Å². The standard InChI is InChI=1S/C15H23N3O2/c1-10-8-18(9-11(2)20-10)12(3)15(19)17-14-6-4-13(16)5-7-14/h4-7,10-12H,8-9,16H2,1-3H3,(H,17,19). The molecular weight excluding hydrogens is 254 g/mol. The molecule has 2 rings (SSSR count). The summed E-state index contributed by atoms with van der Waals surface area (Å²) < 4.78 is 5.69. The van der Waals surface area contributed by atoms with Crippen molar-refractivity contribution in [2.24, 2.45) is 0 Å². The predicted octanol–water partition coefficient (Wildman–Crippen LogP) is 1.70. The van der Waals surface area contributed by atoms with E-state index in [1.54, 1.807) is 12.1 Å². The third kappa shape index (κ3) is 3.71. The Hall–Kier alpha value is -1.59. The molecule has 20 heavy (non-hydrogen) atoms. The fourth-order valence-electron chi connectivity index (χ4n) is 2.51. The number of hydrogen-bond donors (Lipinski definition) is 2. The number of nitrogens with two attached hydrogens (primary N) is 1. The zero-order valence-electron chi connectivity index (χ0n) is 12.3. The first-order valence-corrected chi connectivity index (χ1v) is 7.01. The van der Waals surface area contributed by atoms with Gasteiger partial charge in [-0.25, -0.2) is 0 Å². The summed E-state index contributed by atoms with van der Waals surface area (Å²) in [6, 6.07) is 6.99. The Bertz CT molecular complexity index is 451. The summed E-state index contributed by atoms with van der Waals surface area (Å²) in [7, 11) is 0. The van der Waals surface area contributed by atoms with Gasteiger partial charge in [-0.3, -0.25) is 9.69 Å². The summed E-state index contributed by atoms with van der Waals surface area (Å²) in [6.07, 6.45) is 0.316. The number of anilines is 2. The van der Waals surface area contributed by atoms with E-state index in [0.29, 0.717) is 5.69 Å². The van der Waals surface area contributed by atoms with Crippen LogP contribution in [0.25, 0.3) is 0 Å². The highest BCUT2D eigenvalue weighted by Gasteiger charge is 2.29. The molecule has 1 aliphatic rings. The van der Waals surface area contributed by atoms with Crippen LogP contribution in [0.4, 0.5) is 11.4 Å². The second kappa shape index (κ2) is 6.24. The van der Waals surface area contributed by atoms with Gasteiger partial charge in [0, 0.05) is 24.5 Å². The molecule has 1 fully saturated rings. The lowest BCUT2D eigenvalue weighted by atomic mass is 10.1. The van der Waals surface area contributed by atoms with Crippen LogP contribution in [0, 0.1) is 0 Å². The number of morpholine rings is 1. The zero-order chi connectivity index (χ0) is 14.7. The highest BCUT2D eigenvalue weighted by Crippen LogP contribution is 2.16. The van der Waals surface area contributed by atoms with Crippen LogP contribution >= 0.6 is 0 Å². The Morgan fingerprint density at radius 1 is 1.30 bits per heavy atom. The van der Waals surface area contributed by atoms with Crippen LogP contribution in [0.15, 0.2) is 24.3 Å². The van der Waals surface area contributed by atoms with Crippen LogP contribution in [0.5, 0.6) is 0 Å². The Morgan fingerprint density at radius 2 is 1.85 bits per heavy atom. The Balaban J connectivity index is 1.96. The molecule has 1 saturated heterocycles. The molecule has 0 bridgehead atoms. The molecular formula is C15H23N3O2. The molecule has 3 N–H and O–H groups in total. The predicted molar refractivity (Wildman–Crippen MR) is 80.5 cm³/mol. The average Bonchev–Trinajstić information content (AvgIpc) is 2.39. The molecule has 0 aliphatic carbocycles. The van der Waals surface area contributed by atoms with Crippen LogP contribution < -0.4 is 11.1 Å². The lowest BCUT2D eigenvalue weighted by Gasteiger charge is -2.38. The second-order valence-electron chi connectivity index (χ2n) is 5.50. The summed E-state index contributed by atoms with van der Waals surface area (Å²) in [5.74, 6) is -0.00364. The van der Waals surface area contributed by atoms with E-state index in [9.17, 15) is 4.79 Å². The number of benzene rings is 1. The summed E-state index contributed by atoms with van der Waals surface area (Å²) >= 11 is 0. The van der Waals surface area contributed by atoms with Gasteiger partial charge in [0.15, 0.2) is 0 Å². The molecule has 5 nitrogen and oxygen atoms in total. The van der Waals surface area contributed by atoms with Crippen LogP contribution in [-0.4, -0.2) is 42.1 Å². The van der Waals surface area contributed by atoms with Crippen molar-refractivity contribution in [3.63, 3.8) is 0 Å². The highest BCUT2D eigenvalue weighted by atomic mass is 16.5. The van der Waals surface area contributed by atoms with Gasteiger partial charge in [-0.15, -0.1) is 0 Å². The first kappa shape index (κ1) is 14.8. The van der Waals surface area contributed by atoms with Crippen molar-refractivity contribution < 1.29 is 9.53 Å². The van der Waals surface area contributed by atoms with Crippen LogP contribution in [0.2, 0.25) is 0 Å². The first-order chi connectivity index (χ1) is 9.45. The normalized spacial score (nSPS) is 25.1. The van der Waals surface area contributed by atoms with Crippen molar-refractivity contribution in [2.75, 3.05) is 24.1 Å². The third-order valence-corrected chi connectivity index (χ3v) is 3.55. The van der Waals surface area contributed by atoms with Gasteiger partial charge in [-0.1, -0.05) is 0 Å². The molecule has 0 spiro atoms. The average molecular weight is 277 g/mol. The fraction of sp³-hybridized carbons (Fsp3) is 0.533. The lowest BCUT2D eigenvalue weighted by Crippen LogP contribution is -2.52. The number of amides is 1. The van der Waals surface area contributed by atoms with Crippen molar-refractivity contribution in [3.05, 3.63) is 24.3 Å². The maximum absolute atomic E-state index is 12.3. The van der Waals surface area contributed by atoms with Gasteiger partial charge in [0.1, 0.15) is 0 Å². The number of carbonyl (C=O) groups is 1. The molecule has 0 saturated carbocycles. The monoisotopic (exact) mass is 277 g/mol. The number of hydrogen-bond acceptors (Lipinski definition) is 4. The Kier molecular flexibility index (Phi) is 4.62. The Labute approximate surface area is 120 Å². The van der Waals surface area contributed by atoms with Gasteiger partial charge >= 0.3 is 0 Å². The number of nitrogens with one attached hydrogen (secondary N) is 1. The van der Waals surface area contributed by atoms with Crippen molar-refractivity contribution in [1.29, 1.82) is 0 Å². The van der Waals surface area contributed by atoms with E-state index in [1.165, 1.54) is 0 Å². The molecule has 110 valence electrons. The van der Waals surface area contributed by atoms with E-state index in [1.807, 2.05) is 32.9 Å².